The molecule has 0 fully saturated rings. The van der Waals surface area contributed by atoms with Crippen molar-refractivity contribution in [2.24, 2.45) is 0 Å². The summed E-state index contributed by atoms with van der Waals surface area (Å²) in [6.45, 7) is 0. The monoisotopic (exact) mass is 541 g/mol. The molecular weight excluding hydrogens is 518 g/mol. The van der Waals surface area contributed by atoms with Gasteiger partial charge in [-0.1, -0.05) is 103 Å². The maximum Gasteiger partial charge on any atom is 0.266 e. The predicted octanol–water partition coefficient (Wildman–Crippen LogP) is 7.58. The van der Waals surface area contributed by atoms with Gasteiger partial charge in [0, 0.05) is 22.1 Å². The van der Waals surface area contributed by atoms with Crippen molar-refractivity contribution in [3.05, 3.63) is 150 Å². The van der Waals surface area contributed by atoms with E-state index in [1.54, 1.807) is 4.57 Å². The molecule has 0 spiro atoms. The average molecular weight is 542 g/mol. The number of aromatic nitrogens is 5. The van der Waals surface area contributed by atoms with Gasteiger partial charge in [-0.15, -0.1) is 0 Å². The molecule has 6 nitrogen and oxygen atoms in total. The third-order valence-electron chi connectivity index (χ3n) is 7.56. The lowest BCUT2D eigenvalue weighted by Crippen LogP contribution is -2.21. The lowest BCUT2D eigenvalue weighted by atomic mass is 10.1. The van der Waals surface area contributed by atoms with Crippen LogP contribution in [0, 0.1) is 0 Å². The van der Waals surface area contributed by atoms with E-state index < -0.39 is 0 Å². The van der Waals surface area contributed by atoms with Gasteiger partial charge in [0.05, 0.1) is 22.1 Å². The van der Waals surface area contributed by atoms with Gasteiger partial charge in [0.2, 0.25) is 0 Å². The lowest BCUT2D eigenvalue weighted by Gasteiger charge is -2.14. The van der Waals surface area contributed by atoms with E-state index in [-0.39, 0.29) is 5.56 Å². The van der Waals surface area contributed by atoms with Crippen LogP contribution in [-0.2, 0) is 0 Å². The molecule has 5 aromatic carbocycles. The molecule has 0 amide bonds. The topological polar surface area (TPSA) is 65.1 Å². The second-order valence-corrected chi connectivity index (χ2v) is 10.1. The van der Waals surface area contributed by atoms with Gasteiger partial charge in [-0.2, -0.15) is 0 Å². The van der Waals surface area contributed by atoms with Crippen molar-refractivity contribution >= 4 is 27.5 Å². The smallest absolute Gasteiger partial charge is 0.266 e. The molecule has 0 saturated heterocycles. The van der Waals surface area contributed by atoms with Crippen molar-refractivity contribution in [1.29, 1.82) is 0 Å². The lowest BCUT2D eigenvalue weighted by molar-refractivity contribution is 1.01. The van der Waals surface area contributed by atoms with Crippen LogP contribution >= 0.6 is 0 Å². The van der Waals surface area contributed by atoms with Crippen molar-refractivity contribution in [3.63, 3.8) is 0 Å². The van der Waals surface area contributed by atoms with E-state index in [9.17, 15) is 4.79 Å². The molecule has 198 valence electrons. The van der Waals surface area contributed by atoms with E-state index in [4.69, 9.17) is 15.0 Å². The second kappa shape index (κ2) is 9.64. The van der Waals surface area contributed by atoms with Gasteiger partial charge in [-0.05, 0) is 36.4 Å². The van der Waals surface area contributed by atoms with Crippen molar-refractivity contribution in [2.75, 3.05) is 0 Å². The molecule has 3 aromatic heterocycles. The second-order valence-electron chi connectivity index (χ2n) is 10.1. The zero-order valence-electron chi connectivity index (χ0n) is 22.4. The molecule has 0 N–H and O–H groups in total. The van der Waals surface area contributed by atoms with Gasteiger partial charge in [0.15, 0.2) is 17.5 Å². The molecule has 0 aliphatic carbocycles. The molecule has 0 saturated carbocycles. The van der Waals surface area contributed by atoms with Crippen LogP contribution in [0.15, 0.2) is 144 Å². The Bertz CT molecular complexity index is 2260. The van der Waals surface area contributed by atoms with Crippen LogP contribution < -0.4 is 5.56 Å². The Morgan fingerprint density at radius 3 is 1.71 bits per heavy atom. The van der Waals surface area contributed by atoms with Gasteiger partial charge in [-0.3, -0.25) is 13.8 Å². The third kappa shape index (κ3) is 3.89. The Labute approximate surface area is 240 Å². The van der Waals surface area contributed by atoms with Crippen LogP contribution in [0.25, 0.3) is 67.3 Å². The van der Waals surface area contributed by atoms with Crippen LogP contribution in [-0.4, -0.2) is 23.9 Å². The summed E-state index contributed by atoms with van der Waals surface area (Å²) in [5, 5.41) is 1.71. The van der Waals surface area contributed by atoms with Crippen LogP contribution in [0.1, 0.15) is 0 Å². The largest absolute Gasteiger partial charge is 0.295 e. The maximum atomic E-state index is 14.1. The van der Waals surface area contributed by atoms with Crippen molar-refractivity contribution in [1.82, 2.24) is 23.9 Å². The molecule has 42 heavy (non-hydrogen) atoms. The Morgan fingerprint density at radius 2 is 1.02 bits per heavy atom. The van der Waals surface area contributed by atoms with E-state index in [2.05, 4.69) is 22.6 Å². The van der Waals surface area contributed by atoms with Crippen molar-refractivity contribution in [3.8, 4) is 39.9 Å². The zero-order valence-corrected chi connectivity index (χ0v) is 22.4. The minimum Gasteiger partial charge on any atom is -0.295 e. The first kappa shape index (κ1) is 24.0. The molecule has 0 bridgehead atoms. The molecule has 6 heteroatoms. The first-order valence-electron chi connectivity index (χ1n) is 13.8. The Balaban J connectivity index is 1.38. The molecule has 8 aromatic rings. The molecule has 0 radical (unpaired) electrons. The zero-order chi connectivity index (χ0) is 28.0. The summed E-state index contributed by atoms with van der Waals surface area (Å²) >= 11 is 0. The van der Waals surface area contributed by atoms with E-state index in [0.717, 1.165) is 44.4 Å². The summed E-state index contributed by atoms with van der Waals surface area (Å²) in [7, 11) is 0. The first-order valence-corrected chi connectivity index (χ1v) is 13.8. The number of nitrogens with zero attached hydrogens (tertiary/aromatic N) is 5. The number of fused-ring (bicyclic) bond motifs is 5. The van der Waals surface area contributed by atoms with Gasteiger partial charge in [0.1, 0.15) is 5.65 Å². The highest BCUT2D eigenvalue weighted by atomic mass is 16.1. The summed E-state index contributed by atoms with van der Waals surface area (Å²) in [6, 6.07) is 45.7. The fourth-order valence-corrected chi connectivity index (χ4v) is 5.60. The average Bonchev–Trinajstić information content (AvgIpc) is 3.45. The number of hydrogen-bond acceptors (Lipinski definition) is 4. The maximum absolute atomic E-state index is 14.1. The highest BCUT2D eigenvalue weighted by Crippen LogP contribution is 2.29. The highest BCUT2D eigenvalue weighted by molar-refractivity contribution is 5.93. The predicted molar refractivity (Wildman–Crippen MR) is 168 cm³/mol. The normalized spacial score (nSPS) is 11.4. The number of para-hydroxylation sites is 2. The minimum atomic E-state index is -0.0800. The summed E-state index contributed by atoms with van der Waals surface area (Å²) in [5.74, 6) is 1.72. The fourth-order valence-electron chi connectivity index (χ4n) is 5.60. The molecular formula is C36H23N5O. The molecule has 0 atom stereocenters. The SMILES string of the molecule is O=c1c2ccccc2n2c3ccccc3cc2n1-c1cccc(-c2nc(-c3ccccc3)nc(-c3ccccc3)n2)c1. The standard InChI is InChI=1S/C36H23N5O/c42-36-29-19-8-10-21-31(29)41-30-20-9-7-16-26(30)23-32(41)40(36)28-18-11-17-27(22-28)35-38-33(24-12-3-1-4-13-24)37-34(39-35)25-14-5-2-6-15-25/h1-23H. The van der Waals surface area contributed by atoms with E-state index in [0.29, 0.717) is 22.9 Å². The van der Waals surface area contributed by atoms with Gasteiger partial charge in [0.25, 0.3) is 5.56 Å². The van der Waals surface area contributed by atoms with Crippen LogP contribution in [0.4, 0.5) is 0 Å². The summed E-state index contributed by atoms with van der Waals surface area (Å²) in [4.78, 5) is 28.6. The first-order chi connectivity index (χ1) is 20.7. The molecule has 8 rings (SSSR count). The quantitative estimate of drug-likeness (QED) is 0.230. The highest BCUT2D eigenvalue weighted by Gasteiger charge is 2.17. The Morgan fingerprint density at radius 1 is 0.476 bits per heavy atom. The number of benzene rings is 5. The fraction of sp³-hybridized carbons (Fsp3) is 0. The van der Waals surface area contributed by atoms with E-state index in [1.807, 2.05) is 121 Å². The Hall–Kier alpha value is -5.88. The molecule has 3 heterocycles. The van der Waals surface area contributed by atoms with E-state index >= 15 is 0 Å². The molecule has 0 unspecified atom stereocenters. The summed E-state index contributed by atoms with van der Waals surface area (Å²) in [5.41, 5.74) is 5.97. The van der Waals surface area contributed by atoms with Crippen LogP contribution in [0.2, 0.25) is 0 Å². The number of hydrogen-bond donors (Lipinski definition) is 0. The molecule has 0 aliphatic rings. The van der Waals surface area contributed by atoms with E-state index in [1.165, 1.54) is 0 Å². The minimum absolute atomic E-state index is 0.0800. The molecule has 0 aliphatic heterocycles. The van der Waals surface area contributed by atoms with Crippen LogP contribution in [0.3, 0.4) is 0 Å². The van der Waals surface area contributed by atoms with Crippen molar-refractivity contribution < 1.29 is 0 Å². The number of rotatable bonds is 4. The third-order valence-corrected chi connectivity index (χ3v) is 7.56. The van der Waals surface area contributed by atoms with Crippen molar-refractivity contribution in [2.45, 2.75) is 0 Å². The van der Waals surface area contributed by atoms with Gasteiger partial charge >= 0.3 is 0 Å². The van der Waals surface area contributed by atoms with Crippen LogP contribution in [0.5, 0.6) is 0 Å². The Kier molecular flexibility index (Phi) is 5.50. The summed E-state index contributed by atoms with van der Waals surface area (Å²) < 4.78 is 3.94. The van der Waals surface area contributed by atoms with Gasteiger partial charge in [-0.25, -0.2) is 15.0 Å². The van der Waals surface area contributed by atoms with Gasteiger partial charge < -0.3 is 0 Å². The summed E-state index contributed by atoms with van der Waals surface area (Å²) in [6.07, 6.45) is 0.